The predicted octanol–water partition coefficient (Wildman–Crippen LogP) is 3.01. The van der Waals surface area contributed by atoms with Crippen LogP contribution in [0.1, 0.15) is 45.1 Å². The third-order valence-electron chi connectivity index (χ3n) is 6.11. The Labute approximate surface area is 188 Å². The molecule has 1 saturated heterocycles. The van der Waals surface area contributed by atoms with Gasteiger partial charge in [-0.25, -0.2) is 8.78 Å². The van der Waals surface area contributed by atoms with Crippen molar-refractivity contribution in [1.82, 2.24) is 4.90 Å². The summed E-state index contributed by atoms with van der Waals surface area (Å²) in [6, 6.07) is 3.68. The smallest absolute Gasteiger partial charge is 0.265 e. The molecule has 3 N–H and O–H groups in total. The number of carbonyl (C=O) groups excluding carboxylic acids is 2. The number of hydrogen-bond donors (Lipinski definition) is 2. The van der Waals surface area contributed by atoms with E-state index in [9.17, 15) is 18.4 Å². The summed E-state index contributed by atoms with van der Waals surface area (Å²) in [4.78, 5) is 28.7. The van der Waals surface area contributed by atoms with Crippen LogP contribution in [0.4, 0.5) is 20.2 Å². The van der Waals surface area contributed by atoms with Crippen molar-refractivity contribution in [2.24, 2.45) is 17.6 Å². The van der Waals surface area contributed by atoms with E-state index in [0.717, 1.165) is 19.4 Å². The van der Waals surface area contributed by atoms with Crippen LogP contribution in [0.15, 0.2) is 18.2 Å². The van der Waals surface area contributed by atoms with Crippen LogP contribution in [0.5, 0.6) is 0 Å². The van der Waals surface area contributed by atoms with Gasteiger partial charge in [0.05, 0.1) is 6.61 Å². The molecule has 0 bridgehead atoms. The molecule has 0 radical (unpaired) electrons. The molecule has 7 nitrogen and oxygen atoms in total. The molecule has 1 saturated carbocycles. The van der Waals surface area contributed by atoms with E-state index >= 15 is 0 Å². The summed E-state index contributed by atoms with van der Waals surface area (Å²) in [6.07, 6.45) is 0.685. The van der Waals surface area contributed by atoms with Gasteiger partial charge in [0.2, 0.25) is 5.91 Å². The van der Waals surface area contributed by atoms with Crippen molar-refractivity contribution in [3.63, 3.8) is 0 Å². The first-order chi connectivity index (χ1) is 15.3. The molecule has 3 rings (SSSR count). The number of carbonyl (C=O) groups is 2. The highest BCUT2D eigenvalue weighted by Crippen LogP contribution is 2.32. The molecule has 1 aliphatic carbocycles. The van der Waals surface area contributed by atoms with Crippen LogP contribution in [0.2, 0.25) is 0 Å². The molecule has 1 aliphatic heterocycles. The number of anilines is 2. The van der Waals surface area contributed by atoms with Gasteiger partial charge in [-0.15, -0.1) is 0 Å². The number of nitrogens with zero attached hydrogens (tertiary/aromatic N) is 2. The molecule has 0 spiro atoms. The highest BCUT2D eigenvalue weighted by molar-refractivity contribution is 5.97. The number of ether oxygens (including phenoxy) is 1. The average Bonchev–Trinajstić information content (AvgIpc) is 2.71. The summed E-state index contributed by atoms with van der Waals surface area (Å²) in [5.74, 6) is 0.234. The first-order valence-corrected chi connectivity index (χ1v) is 11.3. The van der Waals surface area contributed by atoms with Crippen molar-refractivity contribution >= 4 is 23.2 Å². The number of benzene rings is 1. The van der Waals surface area contributed by atoms with Gasteiger partial charge >= 0.3 is 0 Å². The summed E-state index contributed by atoms with van der Waals surface area (Å²) in [6.45, 7) is 6.34. The number of hydrogen-bond acceptors (Lipinski definition) is 5. The van der Waals surface area contributed by atoms with E-state index in [1.165, 1.54) is 23.5 Å². The minimum Gasteiger partial charge on any atom is -0.370 e. The number of amides is 2. The minimum atomic E-state index is -2.81. The van der Waals surface area contributed by atoms with E-state index in [1.807, 2.05) is 0 Å². The molecule has 1 aromatic carbocycles. The van der Waals surface area contributed by atoms with Crippen LogP contribution in [-0.4, -0.2) is 62.1 Å². The quantitative estimate of drug-likeness (QED) is 0.570. The van der Waals surface area contributed by atoms with Gasteiger partial charge in [-0.05, 0) is 42.9 Å². The third-order valence-corrected chi connectivity index (χ3v) is 6.11. The number of nitrogens with two attached hydrogens (primary N) is 1. The van der Waals surface area contributed by atoms with E-state index in [0.29, 0.717) is 37.2 Å². The Morgan fingerprint density at radius 2 is 2.09 bits per heavy atom. The Hall–Kier alpha value is -2.10. The van der Waals surface area contributed by atoms with Gasteiger partial charge in [-0.1, -0.05) is 20.3 Å². The molecule has 2 fully saturated rings. The zero-order valence-electron chi connectivity index (χ0n) is 18.9. The summed E-state index contributed by atoms with van der Waals surface area (Å²) in [5.41, 5.74) is 6.06. The molecular weight excluding hydrogens is 418 g/mol. The topological polar surface area (TPSA) is 87.9 Å². The SMILES string of the molecule is CC(C)CN(CC1CCC1)[C@@H](CN)C(=O)Nc1ccc(N2CCOCC2=O)cc1C(F)F. The van der Waals surface area contributed by atoms with Crippen LogP contribution in [0.25, 0.3) is 0 Å². The largest absolute Gasteiger partial charge is 0.370 e. The molecule has 32 heavy (non-hydrogen) atoms. The Balaban J connectivity index is 1.78. The Bertz CT molecular complexity index is 801. The zero-order valence-corrected chi connectivity index (χ0v) is 18.9. The van der Waals surface area contributed by atoms with Crippen molar-refractivity contribution in [3.8, 4) is 0 Å². The molecule has 2 aliphatic rings. The summed E-state index contributed by atoms with van der Waals surface area (Å²) in [5, 5.41) is 2.68. The molecular formula is C23H34F2N4O3. The Morgan fingerprint density at radius 3 is 2.66 bits per heavy atom. The highest BCUT2D eigenvalue weighted by Gasteiger charge is 2.30. The van der Waals surface area contributed by atoms with Crippen LogP contribution in [0.3, 0.4) is 0 Å². The standard InChI is InChI=1S/C23H34F2N4O3/c1-15(2)12-28(13-16-4-3-5-16)20(11-26)23(31)27-19-7-6-17(10-18(19)22(24)25)29-8-9-32-14-21(29)30/h6-7,10,15-16,20,22H,3-5,8-9,11-14,26H2,1-2H3,(H,27,31)/t20-/m0/s1. The second-order valence-corrected chi connectivity index (χ2v) is 9.06. The maximum atomic E-state index is 13.8. The average molecular weight is 453 g/mol. The number of alkyl halides is 2. The van der Waals surface area contributed by atoms with Crippen LogP contribution >= 0.6 is 0 Å². The number of morpholine rings is 1. The van der Waals surface area contributed by atoms with Gasteiger partial charge in [0.25, 0.3) is 12.3 Å². The first kappa shape index (κ1) is 24.5. The van der Waals surface area contributed by atoms with Crippen LogP contribution < -0.4 is 16.0 Å². The fraction of sp³-hybridized carbons (Fsp3) is 0.652. The molecule has 1 aromatic rings. The van der Waals surface area contributed by atoms with Crippen LogP contribution in [0, 0.1) is 11.8 Å². The monoisotopic (exact) mass is 452 g/mol. The lowest BCUT2D eigenvalue weighted by molar-refractivity contribution is -0.125. The summed E-state index contributed by atoms with van der Waals surface area (Å²) >= 11 is 0. The van der Waals surface area contributed by atoms with E-state index in [4.69, 9.17) is 10.5 Å². The fourth-order valence-corrected chi connectivity index (χ4v) is 4.25. The van der Waals surface area contributed by atoms with Crippen LogP contribution in [-0.2, 0) is 14.3 Å². The second kappa shape index (κ2) is 11.2. The van der Waals surface area contributed by atoms with Gasteiger partial charge in [0.1, 0.15) is 12.6 Å². The van der Waals surface area contributed by atoms with Crippen molar-refractivity contribution in [1.29, 1.82) is 0 Å². The number of rotatable bonds is 10. The molecule has 2 amide bonds. The van der Waals surface area contributed by atoms with Gasteiger partial charge in [-0.2, -0.15) is 0 Å². The van der Waals surface area contributed by atoms with Crippen molar-refractivity contribution < 1.29 is 23.1 Å². The molecule has 178 valence electrons. The Kier molecular flexibility index (Phi) is 8.56. The Morgan fingerprint density at radius 1 is 1.34 bits per heavy atom. The molecule has 0 unspecified atom stereocenters. The maximum absolute atomic E-state index is 13.8. The lowest BCUT2D eigenvalue weighted by Crippen LogP contribution is -2.52. The van der Waals surface area contributed by atoms with Gasteiger partial charge in [-0.3, -0.25) is 14.5 Å². The third kappa shape index (κ3) is 6.02. The predicted molar refractivity (Wildman–Crippen MR) is 120 cm³/mol. The number of nitrogens with one attached hydrogen (secondary N) is 1. The van der Waals surface area contributed by atoms with Gasteiger partial charge in [0, 0.05) is 43.1 Å². The van der Waals surface area contributed by atoms with E-state index in [2.05, 4.69) is 24.1 Å². The van der Waals surface area contributed by atoms with Crippen molar-refractivity contribution in [2.75, 3.05) is 49.6 Å². The zero-order chi connectivity index (χ0) is 23.3. The fourth-order valence-electron chi connectivity index (χ4n) is 4.25. The van der Waals surface area contributed by atoms with E-state index in [1.54, 1.807) is 6.07 Å². The number of halogens is 2. The van der Waals surface area contributed by atoms with E-state index < -0.39 is 12.5 Å². The van der Waals surface area contributed by atoms with Gasteiger partial charge in [0.15, 0.2) is 0 Å². The lowest BCUT2D eigenvalue weighted by Gasteiger charge is -2.37. The normalized spacial score (nSPS) is 18.4. The molecule has 0 aromatic heterocycles. The maximum Gasteiger partial charge on any atom is 0.265 e. The second-order valence-electron chi connectivity index (χ2n) is 9.06. The van der Waals surface area contributed by atoms with Crippen molar-refractivity contribution in [2.45, 2.75) is 45.6 Å². The molecule has 9 heteroatoms. The summed E-state index contributed by atoms with van der Waals surface area (Å²) < 4.78 is 32.8. The minimum absolute atomic E-state index is 0.0426. The molecule has 1 atom stereocenters. The van der Waals surface area contributed by atoms with E-state index in [-0.39, 0.29) is 36.2 Å². The van der Waals surface area contributed by atoms with Crippen molar-refractivity contribution in [3.05, 3.63) is 23.8 Å². The summed E-state index contributed by atoms with van der Waals surface area (Å²) in [7, 11) is 0. The first-order valence-electron chi connectivity index (χ1n) is 11.3. The molecule has 1 heterocycles. The highest BCUT2D eigenvalue weighted by atomic mass is 19.3. The van der Waals surface area contributed by atoms with Gasteiger partial charge < -0.3 is 20.7 Å². The lowest BCUT2D eigenvalue weighted by atomic mass is 9.84.